The Bertz CT molecular complexity index is 777. The second-order valence-electron chi connectivity index (χ2n) is 4.83. The van der Waals surface area contributed by atoms with E-state index in [1.807, 2.05) is 0 Å². The smallest absolute Gasteiger partial charge is 0.233 e. The number of aryl methyl sites for hydroxylation is 1. The third-order valence-corrected chi connectivity index (χ3v) is 4.54. The Morgan fingerprint density at radius 3 is 2.39 bits per heavy atom. The molecule has 1 N–H and O–H groups in total. The van der Waals surface area contributed by atoms with E-state index in [4.69, 9.17) is 9.47 Å². The van der Waals surface area contributed by atoms with Gasteiger partial charge in [-0.25, -0.2) is 12.8 Å². The fourth-order valence-electron chi connectivity index (χ4n) is 2.08. The zero-order chi connectivity index (χ0) is 16.9. The largest absolute Gasteiger partial charge is 0.493 e. The lowest BCUT2D eigenvalue weighted by Crippen LogP contribution is -2.18. The number of hydrogen-bond donors (Lipinski definition) is 1. The van der Waals surface area contributed by atoms with Crippen LogP contribution in [0.25, 0.3) is 0 Å². The van der Waals surface area contributed by atoms with Gasteiger partial charge in [-0.3, -0.25) is 4.72 Å². The zero-order valence-electron chi connectivity index (χ0n) is 12.9. The number of ether oxygens (including phenoxy) is 2. The van der Waals surface area contributed by atoms with E-state index in [2.05, 4.69) is 4.72 Å². The number of methoxy groups -OCH3 is 2. The summed E-state index contributed by atoms with van der Waals surface area (Å²) < 4.78 is 50.5. The van der Waals surface area contributed by atoms with Crippen LogP contribution in [0.3, 0.4) is 0 Å². The van der Waals surface area contributed by atoms with Crippen LogP contribution in [0.2, 0.25) is 0 Å². The molecule has 0 atom stereocenters. The highest BCUT2D eigenvalue weighted by Crippen LogP contribution is 2.30. The molecule has 2 aromatic carbocycles. The molecule has 2 rings (SSSR count). The highest BCUT2D eigenvalue weighted by Gasteiger charge is 2.14. The van der Waals surface area contributed by atoms with Gasteiger partial charge < -0.3 is 9.47 Å². The molecule has 0 unspecified atom stereocenters. The van der Waals surface area contributed by atoms with Crippen LogP contribution >= 0.6 is 0 Å². The van der Waals surface area contributed by atoms with Crippen molar-refractivity contribution in [1.82, 2.24) is 0 Å². The average Bonchev–Trinajstić information content (AvgIpc) is 2.53. The highest BCUT2D eigenvalue weighted by atomic mass is 32.2. The van der Waals surface area contributed by atoms with Crippen molar-refractivity contribution in [2.24, 2.45) is 0 Å². The third kappa shape index (κ3) is 4.59. The van der Waals surface area contributed by atoms with Gasteiger partial charge in [-0.05, 0) is 30.2 Å². The quantitative estimate of drug-likeness (QED) is 0.842. The first-order chi connectivity index (χ1) is 10.9. The maximum atomic E-state index is 13.5. The number of benzene rings is 2. The molecule has 0 aliphatic carbocycles. The average molecular weight is 339 g/mol. The summed E-state index contributed by atoms with van der Waals surface area (Å²) in [7, 11) is -0.644. The Kier molecular flexibility index (Phi) is 5.44. The van der Waals surface area contributed by atoms with Gasteiger partial charge in [0.15, 0.2) is 11.5 Å². The summed E-state index contributed by atoms with van der Waals surface area (Å²) in [6.45, 7) is 0. The second-order valence-corrected chi connectivity index (χ2v) is 6.67. The normalized spacial score (nSPS) is 11.1. The van der Waals surface area contributed by atoms with Gasteiger partial charge in [-0.2, -0.15) is 0 Å². The van der Waals surface area contributed by atoms with Gasteiger partial charge in [0.2, 0.25) is 10.0 Å². The first kappa shape index (κ1) is 17.1. The SMILES string of the molecule is COc1ccc(NS(=O)(=O)CCc2ccccc2F)cc1OC. The minimum absolute atomic E-state index is 0.0926. The van der Waals surface area contributed by atoms with Crippen molar-refractivity contribution in [3.8, 4) is 11.5 Å². The number of hydrogen-bond acceptors (Lipinski definition) is 4. The molecule has 2 aromatic rings. The molecular formula is C16H18FNO4S. The van der Waals surface area contributed by atoms with Crippen molar-refractivity contribution in [2.75, 3.05) is 24.7 Å². The molecule has 0 heterocycles. The first-order valence-electron chi connectivity index (χ1n) is 6.91. The van der Waals surface area contributed by atoms with E-state index in [0.717, 1.165) is 0 Å². The molecule has 0 amide bonds. The Labute approximate surface area is 135 Å². The summed E-state index contributed by atoms with van der Waals surface area (Å²) in [4.78, 5) is 0. The van der Waals surface area contributed by atoms with Gasteiger partial charge >= 0.3 is 0 Å². The van der Waals surface area contributed by atoms with Crippen LogP contribution in [0.4, 0.5) is 10.1 Å². The minimum Gasteiger partial charge on any atom is -0.493 e. The Balaban J connectivity index is 2.08. The molecule has 5 nitrogen and oxygen atoms in total. The van der Waals surface area contributed by atoms with Crippen molar-refractivity contribution in [3.05, 3.63) is 53.8 Å². The molecule has 23 heavy (non-hydrogen) atoms. The first-order valence-corrected chi connectivity index (χ1v) is 8.56. The lowest BCUT2D eigenvalue weighted by molar-refractivity contribution is 0.355. The summed E-state index contributed by atoms with van der Waals surface area (Å²) in [5, 5.41) is 0. The van der Waals surface area contributed by atoms with E-state index < -0.39 is 15.8 Å². The molecule has 0 fully saturated rings. The summed E-state index contributed by atoms with van der Waals surface area (Å²) in [5.74, 6) is 0.292. The van der Waals surface area contributed by atoms with Crippen LogP contribution in [-0.4, -0.2) is 28.4 Å². The molecule has 0 saturated heterocycles. The van der Waals surface area contributed by atoms with Crippen LogP contribution in [0.1, 0.15) is 5.56 Å². The summed E-state index contributed by atoms with van der Waals surface area (Å²) in [6.07, 6.45) is 0.0926. The zero-order valence-corrected chi connectivity index (χ0v) is 13.7. The van der Waals surface area contributed by atoms with Crippen molar-refractivity contribution in [3.63, 3.8) is 0 Å². The molecule has 0 saturated carbocycles. The van der Waals surface area contributed by atoms with Gasteiger partial charge in [-0.1, -0.05) is 18.2 Å². The molecular weight excluding hydrogens is 321 g/mol. The van der Waals surface area contributed by atoms with Crippen LogP contribution in [0.5, 0.6) is 11.5 Å². The van der Waals surface area contributed by atoms with Crippen LogP contribution in [0, 0.1) is 5.82 Å². The van der Waals surface area contributed by atoms with Crippen molar-refractivity contribution < 1.29 is 22.3 Å². The third-order valence-electron chi connectivity index (χ3n) is 3.25. The van der Waals surface area contributed by atoms with Gasteiger partial charge in [0.25, 0.3) is 0 Å². The van der Waals surface area contributed by atoms with E-state index in [0.29, 0.717) is 22.7 Å². The molecule has 7 heteroatoms. The number of anilines is 1. The molecule has 0 radical (unpaired) electrons. The van der Waals surface area contributed by atoms with E-state index in [1.165, 1.54) is 26.4 Å². The van der Waals surface area contributed by atoms with E-state index in [-0.39, 0.29) is 12.2 Å². The lowest BCUT2D eigenvalue weighted by atomic mass is 10.2. The molecule has 124 valence electrons. The number of halogens is 1. The molecule has 0 bridgehead atoms. The topological polar surface area (TPSA) is 64.6 Å². The standard InChI is InChI=1S/C16H18FNO4S/c1-21-15-8-7-13(11-16(15)22-2)18-23(19,20)10-9-12-5-3-4-6-14(12)17/h3-8,11,18H,9-10H2,1-2H3. The van der Waals surface area contributed by atoms with Crippen LogP contribution < -0.4 is 14.2 Å². The fourth-order valence-corrected chi connectivity index (χ4v) is 3.15. The van der Waals surface area contributed by atoms with Crippen molar-refractivity contribution in [2.45, 2.75) is 6.42 Å². The Hall–Kier alpha value is -2.28. The molecule has 0 aliphatic rings. The van der Waals surface area contributed by atoms with Crippen molar-refractivity contribution in [1.29, 1.82) is 0 Å². The second kappa shape index (κ2) is 7.32. The van der Waals surface area contributed by atoms with Crippen LogP contribution in [0.15, 0.2) is 42.5 Å². The monoisotopic (exact) mass is 339 g/mol. The van der Waals surface area contributed by atoms with Gasteiger partial charge in [0, 0.05) is 6.07 Å². The maximum Gasteiger partial charge on any atom is 0.233 e. The molecule has 0 spiro atoms. The Morgan fingerprint density at radius 1 is 1.04 bits per heavy atom. The van der Waals surface area contributed by atoms with Crippen LogP contribution in [-0.2, 0) is 16.4 Å². The number of nitrogens with one attached hydrogen (secondary N) is 1. The van der Waals surface area contributed by atoms with Crippen molar-refractivity contribution >= 4 is 15.7 Å². The predicted octanol–water partition coefficient (Wildman–Crippen LogP) is 2.83. The summed E-state index contributed by atoms with van der Waals surface area (Å²) in [6, 6.07) is 10.8. The molecule has 0 aromatic heterocycles. The lowest BCUT2D eigenvalue weighted by Gasteiger charge is -2.12. The fraction of sp³-hybridized carbons (Fsp3) is 0.250. The highest BCUT2D eigenvalue weighted by molar-refractivity contribution is 7.92. The Morgan fingerprint density at radius 2 is 1.74 bits per heavy atom. The van der Waals surface area contributed by atoms with Gasteiger partial charge in [-0.15, -0.1) is 0 Å². The summed E-state index contributed by atoms with van der Waals surface area (Å²) in [5.41, 5.74) is 0.723. The van der Waals surface area contributed by atoms with Gasteiger partial charge in [0.05, 0.1) is 25.7 Å². The number of sulfonamides is 1. The summed E-state index contributed by atoms with van der Waals surface area (Å²) >= 11 is 0. The van der Waals surface area contributed by atoms with E-state index in [1.54, 1.807) is 30.3 Å². The molecule has 0 aliphatic heterocycles. The maximum absolute atomic E-state index is 13.5. The van der Waals surface area contributed by atoms with E-state index >= 15 is 0 Å². The predicted molar refractivity (Wildman–Crippen MR) is 87.1 cm³/mol. The minimum atomic E-state index is -3.61. The van der Waals surface area contributed by atoms with Gasteiger partial charge in [0.1, 0.15) is 5.82 Å². The number of rotatable bonds is 7. The van der Waals surface area contributed by atoms with E-state index in [9.17, 15) is 12.8 Å².